The maximum Gasteiger partial charge on any atom is 0.410 e. The number of amides is 3. The predicted molar refractivity (Wildman–Crippen MR) is 212 cm³/mol. The van der Waals surface area contributed by atoms with E-state index in [4.69, 9.17) is 25.8 Å². The molecule has 13 heteroatoms. The van der Waals surface area contributed by atoms with Crippen LogP contribution >= 0.6 is 11.6 Å². The van der Waals surface area contributed by atoms with Crippen molar-refractivity contribution in [3.8, 4) is 28.1 Å². The van der Waals surface area contributed by atoms with E-state index in [1.807, 2.05) is 49.4 Å². The lowest BCUT2D eigenvalue weighted by atomic mass is 9.97. The summed E-state index contributed by atoms with van der Waals surface area (Å²) in [6.07, 6.45) is 5.87. The Morgan fingerprint density at radius 3 is 2.53 bits per heavy atom. The molecule has 3 amide bonds. The Kier molecular flexibility index (Phi) is 12.7. The smallest absolute Gasteiger partial charge is 0.410 e. The van der Waals surface area contributed by atoms with Crippen molar-refractivity contribution in [2.45, 2.75) is 84.2 Å². The molecule has 55 heavy (non-hydrogen) atoms. The van der Waals surface area contributed by atoms with E-state index in [-0.39, 0.29) is 30.1 Å². The minimum atomic E-state index is -0.683. The number of carbonyl (C=O) groups is 3. The number of anilines is 1. The number of pyridine rings is 2. The number of methoxy groups -OCH3 is 1. The van der Waals surface area contributed by atoms with Crippen LogP contribution in [0.15, 0.2) is 67.0 Å². The lowest BCUT2D eigenvalue weighted by Gasteiger charge is -2.29. The van der Waals surface area contributed by atoms with Crippen molar-refractivity contribution >= 4 is 35.2 Å². The molecule has 2 aliphatic heterocycles. The molecular formula is C42H49ClN6O6. The zero-order valence-electron chi connectivity index (χ0n) is 32.0. The number of ether oxygens (including phenoxy) is 3. The molecule has 2 fully saturated rings. The van der Waals surface area contributed by atoms with Gasteiger partial charge in [-0.25, -0.2) is 4.79 Å². The van der Waals surface area contributed by atoms with Crippen LogP contribution < -0.4 is 20.7 Å². The Morgan fingerprint density at radius 2 is 1.84 bits per heavy atom. The molecule has 0 unspecified atom stereocenters. The van der Waals surface area contributed by atoms with E-state index < -0.39 is 11.7 Å². The summed E-state index contributed by atoms with van der Waals surface area (Å²) in [5.74, 6) is 0.337. The van der Waals surface area contributed by atoms with Gasteiger partial charge in [-0.2, -0.15) is 0 Å². The van der Waals surface area contributed by atoms with Gasteiger partial charge in [-0.3, -0.25) is 19.6 Å². The predicted octanol–water partition coefficient (Wildman–Crippen LogP) is 7.32. The third-order valence-electron chi connectivity index (χ3n) is 9.73. The Labute approximate surface area is 327 Å². The van der Waals surface area contributed by atoms with E-state index in [1.165, 1.54) is 0 Å². The lowest BCUT2D eigenvalue weighted by Crippen LogP contribution is -2.43. The molecule has 4 heterocycles. The molecule has 2 aromatic carbocycles. The van der Waals surface area contributed by atoms with Crippen LogP contribution in [-0.2, 0) is 27.4 Å². The van der Waals surface area contributed by atoms with Gasteiger partial charge >= 0.3 is 6.09 Å². The molecule has 290 valence electrons. The highest BCUT2D eigenvalue weighted by molar-refractivity contribution is 6.35. The molecule has 12 nitrogen and oxygen atoms in total. The van der Waals surface area contributed by atoms with Crippen molar-refractivity contribution in [2.75, 3.05) is 32.2 Å². The van der Waals surface area contributed by atoms with Crippen LogP contribution in [0.3, 0.4) is 0 Å². The molecule has 2 aromatic heterocycles. The molecular weight excluding hydrogens is 720 g/mol. The van der Waals surface area contributed by atoms with Crippen molar-refractivity contribution in [1.82, 2.24) is 25.5 Å². The van der Waals surface area contributed by atoms with E-state index in [0.717, 1.165) is 59.6 Å². The van der Waals surface area contributed by atoms with Gasteiger partial charge in [0.25, 0.3) is 5.91 Å². The summed E-state index contributed by atoms with van der Waals surface area (Å²) >= 11 is 7.08. The molecule has 0 radical (unpaired) electrons. The van der Waals surface area contributed by atoms with Crippen LogP contribution in [-0.4, -0.2) is 77.3 Å². The molecule has 0 aliphatic carbocycles. The van der Waals surface area contributed by atoms with Gasteiger partial charge in [0.2, 0.25) is 5.91 Å². The standard InChI is InChI=1S/C42H49ClN6O6/c1-26-32(33-15-18-44-39(38(33)43)28-10-11-29(36(21-28)53-5)23-45-30-16-19-54-20-17-30)7-6-8-34(26)48-40(51)35-13-9-27(22-46-35)24-49(41(52)55-42(2,3)4)25-31-12-14-37(50)47-31/h6-11,13,15,18,21-22,30-31,45H,12,14,16-17,19-20,23-25H2,1-5H3,(H,47,50)(H,48,51)/t31-/m0/s1. The molecule has 6 rings (SSSR count). The van der Waals surface area contributed by atoms with Crippen LogP contribution in [0.5, 0.6) is 5.75 Å². The Morgan fingerprint density at radius 1 is 1.04 bits per heavy atom. The number of carbonyl (C=O) groups excluding carboxylic acids is 3. The van der Waals surface area contributed by atoms with Crippen molar-refractivity contribution in [3.05, 3.63) is 94.4 Å². The fourth-order valence-corrected chi connectivity index (χ4v) is 7.10. The van der Waals surface area contributed by atoms with Crippen molar-refractivity contribution in [3.63, 3.8) is 0 Å². The van der Waals surface area contributed by atoms with E-state index in [1.54, 1.807) is 57.3 Å². The molecule has 0 bridgehead atoms. The highest BCUT2D eigenvalue weighted by Gasteiger charge is 2.29. The third kappa shape index (κ3) is 10.2. The van der Waals surface area contributed by atoms with Crippen LogP contribution in [0.1, 0.15) is 73.6 Å². The molecule has 2 saturated heterocycles. The first-order valence-corrected chi connectivity index (χ1v) is 19.0. The highest BCUT2D eigenvalue weighted by Crippen LogP contribution is 2.39. The van der Waals surface area contributed by atoms with Crippen LogP contribution in [0.2, 0.25) is 5.02 Å². The van der Waals surface area contributed by atoms with Crippen LogP contribution in [0, 0.1) is 6.92 Å². The van der Waals surface area contributed by atoms with E-state index >= 15 is 0 Å². The quantitative estimate of drug-likeness (QED) is 0.135. The first kappa shape index (κ1) is 39.6. The fraction of sp³-hybridized carbons (Fsp3) is 0.405. The van der Waals surface area contributed by atoms with Crippen LogP contribution in [0.25, 0.3) is 22.4 Å². The second-order valence-corrected chi connectivity index (χ2v) is 15.3. The maximum absolute atomic E-state index is 13.4. The van der Waals surface area contributed by atoms with Gasteiger partial charge in [0.1, 0.15) is 17.0 Å². The number of rotatable bonds is 12. The van der Waals surface area contributed by atoms with E-state index in [0.29, 0.717) is 53.9 Å². The van der Waals surface area contributed by atoms with Gasteiger partial charge in [-0.15, -0.1) is 0 Å². The van der Waals surface area contributed by atoms with Crippen molar-refractivity contribution < 1.29 is 28.6 Å². The molecule has 0 spiro atoms. The molecule has 1 atom stereocenters. The number of hydrogen-bond acceptors (Lipinski definition) is 9. The number of benzene rings is 2. The first-order chi connectivity index (χ1) is 26.4. The summed E-state index contributed by atoms with van der Waals surface area (Å²) in [7, 11) is 1.66. The Balaban J connectivity index is 1.15. The average Bonchev–Trinajstić information content (AvgIpc) is 3.58. The van der Waals surface area contributed by atoms with Crippen molar-refractivity contribution in [2.24, 2.45) is 0 Å². The van der Waals surface area contributed by atoms with Gasteiger partial charge in [0.15, 0.2) is 0 Å². The largest absolute Gasteiger partial charge is 0.496 e. The van der Waals surface area contributed by atoms with Gasteiger partial charge in [0.05, 0.1) is 24.4 Å². The van der Waals surface area contributed by atoms with Gasteiger partial charge in [0, 0.05) is 79.6 Å². The third-order valence-corrected chi connectivity index (χ3v) is 10.1. The summed E-state index contributed by atoms with van der Waals surface area (Å²) in [5.41, 5.74) is 5.80. The summed E-state index contributed by atoms with van der Waals surface area (Å²) < 4.78 is 16.9. The van der Waals surface area contributed by atoms with Gasteiger partial charge in [-0.05, 0) is 87.9 Å². The molecule has 2 aliphatic rings. The van der Waals surface area contributed by atoms with Gasteiger partial charge in [-0.1, -0.05) is 41.9 Å². The summed E-state index contributed by atoms with van der Waals surface area (Å²) in [4.78, 5) is 48.9. The summed E-state index contributed by atoms with van der Waals surface area (Å²) in [6.45, 7) is 10.1. The first-order valence-electron chi connectivity index (χ1n) is 18.6. The number of nitrogens with one attached hydrogen (secondary N) is 3. The second kappa shape index (κ2) is 17.6. The SMILES string of the molecule is COc1cc(-c2nccc(-c3cccc(NC(=O)c4ccc(CN(C[C@@H]5CCC(=O)N5)C(=O)OC(C)(C)C)cn4)c3C)c2Cl)ccc1CNC1CCOCC1. The topological polar surface area (TPSA) is 144 Å². The van der Waals surface area contributed by atoms with Crippen LogP contribution in [0.4, 0.5) is 10.5 Å². The lowest BCUT2D eigenvalue weighted by molar-refractivity contribution is -0.119. The molecule has 4 aromatic rings. The fourth-order valence-electron chi connectivity index (χ4n) is 6.78. The monoisotopic (exact) mass is 768 g/mol. The minimum absolute atomic E-state index is 0.0302. The Hall–Kier alpha value is -5.04. The maximum atomic E-state index is 13.4. The zero-order valence-corrected chi connectivity index (χ0v) is 32.8. The number of halogens is 1. The molecule has 3 N–H and O–H groups in total. The van der Waals surface area contributed by atoms with Crippen molar-refractivity contribution in [1.29, 1.82) is 0 Å². The molecule has 0 saturated carbocycles. The number of hydrogen-bond donors (Lipinski definition) is 3. The van der Waals surface area contributed by atoms with E-state index in [9.17, 15) is 14.4 Å². The average molecular weight is 769 g/mol. The number of nitrogens with zero attached hydrogens (tertiary/aromatic N) is 3. The highest BCUT2D eigenvalue weighted by atomic mass is 35.5. The summed E-state index contributed by atoms with van der Waals surface area (Å²) in [5, 5.41) is 10.0. The Bertz CT molecular complexity index is 2010. The normalized spacial score (nSPS) is 16.0. The number of aromatic nitrogens is 2. The van der Waals surface area contributed by atoms with E-state index in [2.05, 4.69) is 25.9 Å². The summed E-state index contributed by atoms with van der Waals surface area (Å²) in [6, 6.07) is 17.2. The van der Waals surface area contributed by atoms with Gasteiger partial charge < -0.3 is 35.1 Å². The second-order valence-electron chi connectivity index (χ2n) is 15.0. The zero-order chi connectivity index (χ0) is 39.1. The minimum Gasteiger partial charge on any atom is -0.496 e.